The van der Waals surface area contributed by atoms with Crippen molar-refractivity contribution in [3.05, 3.63) is 113 Å². The number of benzene rings is 3. The molecule has 2 saturated heterocycles. The number of halogens is 3. The van der Waals surface area contributed by atoms with Crippen molar-refractivity contribution >= 4 is 25.4 Å². The van der Waals surface area contributed by atoms with Gasteiger partial charge in [0.05, 0.1) is 31.0 Å². The smallest absolute Gasteiger partial charge is 1.00 e. The summed E-state index contributed by atoms with van der Waals surface area (Å²) in [5.74, 6) is -1.10. The van der Waals surface area contributed by atoms with Gasteiger partial charge in [0.2, 0.25) is 12.6 Å². The number of hydrogen-bond acceptors (Lipinski definition) is 14. The van der Waals surface area contributed by atoms with E-state index in [1.807, 2.05) is 55.5 Å². The number of ether oxygens (including phenoxy) is 3. The van der Waals surface area contributed by atoms with Crippen molar-refractivity contribution in [3.63, 3.8) is 0 Å². The van der Waals surface area contributed by atoms with Gasteiger partial charge in [-0.15, -0.1) is 4.68 Å². The van der Waals surface area contributed by atoms with Gasteiger partial charge in [0.15, 0.2) is 0 Å². The van der Waals surface area contributed by atoms with E-state index in [-0.39, 0.29) is 115 Å². The van der Waals surface area contributed by atoms with Crippen LogP contribution in [0.25, 0.3) is 5.69 Å². The average Bonchev–Trinajstić information content (AvgIpc) is 3.96. The molecule has 7 rings (SSSR count). The Kier molecular flexibility index (Phi) is 19.0. The van der Waals surface area contributed by atoms with Crippen LogP contribution < -0.4 is 106 Å². The first kappa shape index (κ1) is 53.2. The topological polar surface area (TPSA) is 205 Å². The predicted octanol–water partition coefficient (Wildman–Crippen LogP) is -6.02. The molecule has 24 heteroatoms. The largest absolute Gasteiger partial charge is 1.00 e. The molecule has 1 N–H and O–H groups in total. The average molecular weight is 949 g/mol. The van der Waals surface area contributed by atoms with E-state index < -0.39 is 49.6 Å². The fourth-order valence-electron chi connectivity index (χ4n) is 7.85. The Bertz CT molecular complexity index is 2420. The molecule has 0 radical (unpaired) electrons. The third kappa shape index (κ3) is 12.7. The van der Waals surface area contributed by atoms with Gasteiger partial charge in [-0.1, -0.05) is 13.0 Å². The van der Waals surface area contributed by atoms with Gasteiger partial charge in [0, 0.05) is 67.1 Å². The summed E-state index contributed by atoms with van der Waals surface area (Å²) < 4.78 is 66.5. The Balaban J connectivity index is 0.00000299. The number of anilines is 2. The molecule has 0 amide bonds. The van der Waals surface area contributed by atoms with E-state index in [4.69, 9.17) is 14.2 Å². The summed E-state index contributed by atoms with van der Waals surface area (Å²) in [7, 11) is -5.61. The van der Waals surface area contributed by atoms with Crippen LogP contribution in [0.2, 0.25) is 0 Å². The number of aliphatic hydroxyl groups excluding tert-OH is 1. The molecule has 0 spiro atoms. The zero-order valence-corrected chi connectivity index (χ0v) is 41.7. The number of carbonyl (C=O) groups is 1. The maximum Gasteiger partial charge on any atom is 1.00 e. The SMILES string of the molecule is CC[C@@H]([C@H](C)O)n1ncn(-c2ccc(N3CCN(c4ccc(OC[C@@H]5CO[C@@](Cn6c[n+](C(C)OC(=O)OP(=O)([O-])[O-])cn6)(c6ccc(F)cc6F)C5)cc4)CC3)cc2)c1=O.[Cl-].[Na+].[Na+]. The summed E-state index contributed by atoms with van der Waals surface area (Å²) in [6, 6.07) is 18.4. The first-order chi connectivity index (χ1) is 29.1. The molecular formula is C40H46ClF2N8Na2O10P. The van der Waals surface area contributed by atoms with E-state index in [1.54, 1.807) is 6.92 Å². The molecule has 1 unspecified atom stereocenters. The molecule has 2 aliphatic rings. The third-order valence-corrected chi connectivity index (χ3v) is 11.3. The molecule has 5 atom stereocenters. The molecule has 2 aromatic heterocycles. The van der Waals surface area contributed by atoms with Crippen LogP contribution in [0.3, 0.4) is 0 Å². The monoisotopic (exact) mass is 948 g/mol. The summed E-state index contributed by atoms with van der Waals surface area (Å²) in [5, 5.41) is 18.6. The predicted molar refractivity (Wildman–Crippen MR) is 210 cm³/mol. The second-order valence-corrected chi connectivity index (χ2v) is 16.2. The number of nitrogens with zero attached hydrogens (tertiary/aromatic N) is 8. The van der Waals surface area contributed by atoms with Crippen LogP contribution in [0, 0.1) is 17.6 Å². The van der Waals surface area contributed by atoms with Gasteiger partial charge in [-0.25, -0.2) is 27.6 Å². The molecule has 5 aromatic rings. The molecule has 0 aliphatic carbocycles. The van der Waals surface area contributed by atoms with E-state index in [1.165, 1.54) is 50.5 Å². The Morgan fingerprint density at radius 2 is 1.59 bits per heavy atom. The van der Waals surface area contributed by atoms with Crippen LogP contribution in [0.5, 0.6) is 5.75 Å². The van der Waals surface area contributed by atoms with Crippen LogP contribution >= 0.6 is 7.82 Å². The zero-order chi connectivity index (χ0) is 43.5. The number of rotatable bonds is 15. The summed E-state index contributed by atoms with van der Waals surface area (Å²) in [6.07, 6.45) is 1.48. The second-order valence-electron chi connectivity index (χ2n) is 15.1. The molecule has 0 bridgehead atoms. The molecule has 4 heterocycles. The second kappa shape index (κ2) is 22.9. The summed E-state index contributed by atoms with van der Waals surface area (Å²) in [5.41, 5.74) is 1.31. The van der Waals surface area contributed by atoms with Crippen molar-refractivity contribution in [2.45, 2.75) is 64.1 Å². The minimum absolute atomic E-state index is 0. The maximum absolute atomic E-state index is 15.3. The number of carbonyl (C=O) groups excluding carboxylic acids is 1. The molecule has 0 saturated carbocycles. The molecule has 2 fully saturated rings. The van der Waals surface area contributed by atoms with Gasteiger partial charge < -0.3 is 60.4 Å². The van der Waals surface area contributed by atoms with E-state index in [0.29, 0.717) is 17.9 Å². The van der Waals surface area contributed by atoms with E-state index in [9.17, 15) is 33.4 Å². The number of hydrogen-bond donors (Lipinski definition) is 1. The fraction of sp³-hybridized carbons (Fsp3) is 0.425. The molecule has 18 nitrogen and oxygen atoms in total. The van der Waals surface area contributed by atoms with Crippen LogP contribution in [0.4, 0.5) is 25.0 Å². The van der Waals surface area contributed by atoms with Crippen LogP contribution in [0.1, 0.15) is 51.4 Å². The molecule has 334 valence electrons. The van der Waals surface area contributed by atoms with E-state index in [0.717, 1.165) is 49.7 Å². The van der Waals surface area contributed by atoms with Crippen LogP contribution in [0.15, 0.2) is 90.5 Å². The minimum atomic E-state index is -5.61. The zero-order valence-electron chi connectivity index (χ0n) is 36.0. The summed E-state index contributed by atoms with van der Waals surface area (Å²) in [4.78, 5) is 50.8. The number of piperazine rings is 1. The number of aromatic nitrogens is 6. The quantitative estimate of drug-likeness (QED) is 0.0450. The van der Waals surface area contributed by atoms with Crippen molar-refractivity contribution in [2.75, 3.05) is 49.2 Å². The Labute approximate surface area is 418 Å². The Morgan fingerprint density at radius 1 is 0.984 bits per heavy atom. The van der Waals surface area contributed by atoms with Crippen molar-refractivity contribution in [1.82, 2.24) is 24.1 Å². The molecule has 2 aliphatic heterocycles. The van der Waals surface area contributed by atoms with Crippen LogP contribution in [-0.2, 0) is 30.7 Å². The maximum atomic E-state index is 15.3. The number of aliphatic hydroxyl groups is 1. The number of phosphoric ester groups is 1. The van der Waals surface area contributed by atoms with Crippen molar-refractivity contribution in [1.29, 1.82) is 0 Å². The molecule has 3 aromatic carbocycles. The summed E-state index contributed by atoms with van der Waals surface area (Å²) >= 11 is 0. The normalized spacial score (nSPS) is 18.8. The van der Waals surface area contributed by atoms with E-state index in [2.05, 4.69) is 24.5 Å². The fourth-order valence-corrected chi connectivity index (χ4v) is 8.07. The standard InChI is InChI=1S/C40H47F2N8O10P.ClH.2Na/c1-4-37(27(2)51)50-38(52)49(25-44-50)33-8-6-31(7-9-33)45-15-17-46(18-16-45)32-10-12-34(13-11-32)57-21-29-20-40(58-22-29,35-14-5-30(41)19-36(35)42)23-48-26-47(24-43-48)28(3)59-39(53)60-61(54,55)56;;;/h5-14,19,24-29,37,51H,4,15-18,20-23H2,1-3H3,(H-,54,55,56);1H;;/q;;2*+1/p-2/t27-,28?,29+,37-,40-;;;/m0.../s1. The molecular weight excluding hydrogens is 903 g/mol. The van der Waals surface area contributed by atoms with Gasteiger partial charge in [-0.05, 0) is 74.4 Å². The van der Waals surface area contributed by atoms with Gasteiger partial charge >= 0.3 is 71.0 Å². The Morgan fingerprint density at radius 3 is 2.17 bits per heavy atom. The number of phosphoric acid groups is 1. The van der Waals surface area contributed by atoms with Gasteiger partial charge in [-0.2, -0.15) is 9.67 Å². The van der Waals surface area contributed by atoms with Gasteiger partial charge in [-0.3, -0.25) is 0 Å². The van der Waals surface area contributed by atoms with E-state index >= 15 is 4.39 Å². The summed E-state index contributed by atoms with van der Waals surface area (Å²) in [6.45, 7) is 8.50. The third-order valence-electron chi connectivity index (χ3n) is 11.0. The van der Waals surface area contributed by atoms with Gasteiger partial charge in [0.1, 0.15) is 43.7 Å². The van der Waals surface area contributed by atoms with Crippen LogP contribution in [-0.4, -0.2) is 80.9 Å². The first-order valence-electron chi connectivity index (χ1n) is 19.7. The van der Waals surface area contributed by atoms with Crippen molar-refractivity contribution in [3.8, 4) is 11.4 Å². The van der Waals surface area contributed by atoms with Crippen molar-refractivity contribution in [2.24, 2.45) is 5.92 Å². The first-order valence-corrected chi connectivity index (χ1v) is 21.2. The minimum Gasteiger partial charge on any atom is -1.00 e. The molecule has 64 heavy (non-hydrogen) atoms. The van der Waals surface area contributed by atoms with Crippen molar-refractivity contribution < 1.29 is 128 Å². The van der Waals surface area contributed by atoms with Gasteiger partial charge in [0.25, 0.3) is 6.33 Å². The Hall–Kier alpha value is -3.37.